The Balaban J connectivity index is 1.28. The lowest BCUT2D eigenvalue weighted by atomic mass is 9.97. The molecule has 3 aliphatic rings. The maximum Gasteiger partial charge on any atom is 0.573 e. The van der Waals surface area contributed by atoms with E-state index in [1.807, 2.05) is 4.90 Å². The maximum atomic E-state index is 15.4. The second-order valence-corrected chi connectivity index (χ2v) is 13.7. The maximum absolute atomic E-state index is 15.4. The van der Waals surface area contributed by atoms with Crippen molar-refractivity contribution >= 4 is 33.5 Å². The zero-order valence-corrected chi connectivity index (χ0v) is 25.2. The number of hydroxylamine groups is 1. The van der Waals surface area contributed by atoms with Gasteiger partial charge in [-0.2, -0.15) is 13.2 Å². The molecule has 0 N–H and O–H groups in total. The van der Waals surface area contributed by atoms with Gasteiger partial charge in [-0.25, -0.2) is 17.6 Å². The number of carbonyl (C=O) groups is 2. The number of hydrogen-bond acceptors (Lipinski definition) is 8. The molecule has 2 aromatic rings. The van der Waals surface area contributed by atoms with E-state index in [2.05, 4.69) is 9.57 Å². The molecule has 1 aliphatic heterocycles. The standard InChI is InChI=1S/C28H26ClF7N2O7S/c29-17-10-19(12-20(11-17)44-28(34,35)36)43-18-5-7-37(8-6-18)14-16-9-24(30)23(13-22(16)15-1-2-15)25(39)38(45-26(40)27(31,32)33)46(41,42)21-3-4-21/h9-13,15,18,21H,1-8,14H2. The van der Waals surface area contributed by atoms with Crippen LogP contribution in [0.3, 0.4) is 0 Å². The Bertz CT molecular complexity index is 1600. The first-order valence-corrected chi connectivity index (χ1v) is 15.9. The van der Waals surface area contributed by atoms with Crippen molar-refractivity contribution in [2.45, 2.75) is 74.9 Å². The second kappa shape index (κ2) is 12.7. The molecule has 0 aromatic heterocycles. The van der Waals surface area contributed by atoms with Crippen LogP contribution < -0.4 is 9.47 Å². The lowest BCUT2D eigenvalue weighted by Gasteiger charge is -2.33. The van der Waals surface area contributed by atoms with Crippen LogP contribution in [-0.2, 0) is 26.2 Å². The van der Waals surface area contributed by atoms with E-state index in [1.54, 1.807) is 0 Å². The fourth-order valence-electron chi connectivity index (χ4n) is 5.06. The summed E-state index contributed by atoms with van der Waals surface area (Å²) in [6.45, 7) is 1.08. The molecular formula is C28H26ClF7N2O7S. The Morgan fingerprint density at radius 1 is 0.913 bits per heavy atom. The molecule has 9 nitrogen and oxygen atoms in total. The van der Waals surface area contributed by atoms with Crippen molar-refractivity contribution in [3.8, 4) is 11.5 Å². The number of piperidine rings is 1. The summed E-state index contributed by atoms with van der Waals surface area (Å²) in [6.07, 6.45) is -8.62. The molecule has 0 bridgehead atoms. The van der Waals surface area contributed by atoms with Crippen LogP contribution in [0.4, 0.5) is 30.7 Å². The lowest BCUT2D eigenvalue weighted by Crippen LogP contribution is -2.44. The normalized spacial score (nSPS) is 18.3. The van der Waals surface area contributed by atoms with Crippen LogP contribution in [0.1, 0.15) is 65.9 Å². The van der Waals surface area contributed by atoms with Crippen molar-refractivity contribution in [1.82, 2.24) is 9.37 Å². The molecule has 1 amide bonds. The highest BCUT2D eigenvalue weighted by Gasteiger charge is 2.50. The third-order valence-electron chi connectivity index (χ3n) is 7.53. The Morgan fingerprint density at radius 3 is 2.11 bits per heavy atom. The van der Waals surface area contributed by atoms with Crippen molar-refractivity contribution in [3.63, 3.8) is 0 Å². The van der Waals surface area contributed by atoms with Crippen molar-refractivity contribution in [2.24, 2.45) is 0 Å². The van der Waals surface area contributed by atoms with Crippen LogP contribution in [0.2, 0.25) is 5.02 Å². The van der Waals surface area contributed by atoms with Crippen molar-refractivity contribution in [2.75, 3.05) is 13.1 Å². The zero-order valence-electron chi connectivity index (χ0n) is 23.7. The molecule has 2 saturated carbocycles. The van der Waals surface area contributed by atoms with Gasteiger partial charge in [0.1, 0.15) is 23.4 Å². The number of sulfonamides is 1. The number of hydrogen-bond donors (Lipinski definition) is 0. The number of benzene rings is 2. The fraction of sp³-hybridized carbons (Fsp3) is 0.500. The highest BCUT2D eigenvalue weighted by molar-refractivity contribution is 7.90. The minimum Gasteiger partial charge on any atom is -0.490 e. The Labute approximate surface area is 263 Å². The molecule has 46 heavy (non-hydrogen) atoms. The Kier molecular flexibility index (Phi) is 9.41. The predicted octanol–water partition coefficient (Wildman–Crippen LogP) is 6.25. The third-order valence-corrected chi connectivity index (χ3v) is 9.76. The molecule has 18 heteroatoms. The molecule has 252 valence electrons. The number of alkyl halides is 6. The number of carbonyl (C=O) groups excluding carboxylic acids is 2. The summed E-state index contributed by atoms with van der Waals surface area (Å²) in [4.78, 5) is 30.6. The van der Waals surface area contributed by atoms with E-state index in [0.29, 0.717) is 49.9 Å². The van der Waals surface area contributed by atoms with Gasteiger partial charge < -0.3 is 14.3 Å². The zero-order chi connectivity index (χ0) is 33.6. The van der Waals surface area contributed by atoms with Gasteiger partial charge in [0.05, 0.1) is 10.8 Å². The highest BCUT2D eigenvalue weighted by atomic mass is 35.5. The average molecular weight is 703 g/mol. The first-order valence-electron chi connectivity index (χ1n) is 14.1. The molecule has 2 aromatic carbocycles. The van der Waals surface area contributed by atoms with E-state index in [0.717, 1.165) is 24.3 Å². The Morgan fingerprint density at radius 2 is 1.54 bits per heavy atom. The Hall–Kier alpha value is -3.31. The van der Waals surface area contributed by atoms with Gasteiger partial charge in [0.25, 0.3) is 10.0 Å². The van der Waals surface area contributed by atoms with Gasteiger partial charge in [-0.3, -0.25) is 9.69 Å². The molecule has 5 rings (SSSR count). The number of halogens is 8. The topological polar surface area (TPSA) is 102 Å². The van der Waals surface area contributed by atoms with Gasteiger partial charge in [0.15, 0.2) is 0 Å². The molecule has 3 fully saturated rings. The number of ether oxygens (including phenoxy) is 2. The molecule has 1 heterocycles. The summed E-state index contributed by atoms with van der Waals surface area (Å²) < 4.78 is 126. The van der Waals surface area contributed by atoms with E-state index in [9.17, 15) is 44.3 Å². The predicted molar refractivity (Wildman–Crippen MR) is 146 cm³/mol. The molecule has 0 radical (unpaired) electrons. The van der Waals surface area contributed by atoms with Crippen LogP contribution in [0, 0.1) is 5.82 Å². The number of amides is 1. The van der Waals surface area contributed by atoms with E-state index in [1.165, 1.54) is 6.07 Å². The average Bonchev–Trinajstić information content (AvgIpc) is 3.84. The van der Waals surface area contributed by atoms with E-state index in [-0.39, 0.29) is 42.2 Å². The van der Waals surface area contributed by atoms with Crippen LogP contribution >= 0.6 is 11.6 Å². The first kappa shape index (κ1) is 34.0. The smallest absolute Gasteiger partial charge is 0.490 e. The summed E-state index contributed by atoms with van der Waals surface area (Å²) in [6, 6.07) is 5.53. The second-order valence-electron chi connectivity index (χ2n) is 11.2. The molecule has 0 atom stereocenters. The minimum absolute atomic E-state index is 0.0162. The molecule has 2 aliphatic carbocycles. The summed E-state index contributed by atoms with van der Waals surface area (Å²) in [5.41, 5.74) is 0.126. The van der Waals surface area contributed by atoms with Gasteiger partial charge in [-0.15, -0.1) is 13.2 Å². The van der Waals surface area contributed by atoms with Crippen molar-refractivity contribution in [3.05, 3.63) is 57.9 Å². The van der Waals surface area contributed by atoms with Crippen LogP contribution in [0.5, 0.6) is 11.5 Å². The summed E-state index contributed by atoms with van der Waals surface area (Å²) in [7, 11) is -4.85. The van der Waals surface area contributed by atoms with Crippen molar-refractivity contribution < 1.29 is 63.1 Å². The van der Waals surface area contributed by atoms with Crippen LogP contribution in [0.15, 0.2) is 30.3 Å². The quantitative estimate of drug-likeness (QED) is 0.223. The number of rotatable bonds is 9. The van der Waals surface area contributed by atoms with Crippen LogP contribution in [-0.4, -0.2) is 66.6 Å². The van der Waals surface area contributed by atoms with Gasteiger partial charge in [-0.1, -0.05) is 16.1 Å². The van der Waals surface area contributed by atoms with E-state index in [4.69, 9.17) is 16.3 Å². The largest absolute Gasteiger partial charge is 0.573 e. The fourth-order valence-corrected chi connectivity index (χ4v) is 6.78. The van der Waals surface area contributed by atoms with Gasteiger partial charge >= 0.3 is 24.4 Å². The summed E-state index contributed by atoms with van der Waals surface area (Å²) in [5.74, 6) is -6.46. The summed E-state index contributed by atoms with van der Waals surface area (Å²) >= 11 is 5.91. The molecule has 1 saturated heterocycles. The molecular weight excluding hydrogens is 677 g/mol. The first-order chi connectivity index (χ1) is 21.4. The van der Waals surface area contributed by atoms with E-state index >= 15 is 4.39 Å². The number of nitrogens with zero attached hydrogens (tertiary/aromatic N) is 2. The third kappa shape index (κ3) is 8.34. The van der Waals surface area contributed by atoms with Gasteiger partial charge in [0.2, 0.25) is 0 Å². The van der Waals surface area contributed by atoms with Gasteiger partial charge in [0, 0.05) is 30.7 Å². The summed E-state index contributed by atoms with van der Waals surface area (Å²) in [5, 5.41) is -1.26. The van der Waals surface area contributed by atoms with E-state index < -0.39 is 61.3 Å². The SMILES string of the molecule is O=C(c1cc(C2CC2)c(CN2CCC(Oc3cc(Cl)cc(OC(F)(F)F)c3)CC2)cc1F)N(OC(=O)C(F)(F)F)S(=O)(=O)C1CC1. The van der Waals surface area contributed by atoms with Crippen molar-refractivity contribution in [1.29, 1.82) is 0 Å². The molecule has 0 spiro atoms. The highest BCUT2D eigenvalue weighted by Crippen LogP contribution is 2.43. The number of likely N-dealkylation sites (tertiary alicyclic amines) is 1. The molecule has 0 unspecified atom stereocenters. The monoisotopic (exact) mass is 702 g/mol. The lowest BCUT2D eigenvalue weighted by molar-refractivity contribution is -0.274. The van der Waals surface area contributed by atoms with Gasteiger partial charge in [-0.05, 0) is 79.8 Å². The minimum atomic E-state index is -5.61. The van der Waals surface area contributed by atoms with Crippen LogP contribution in [0.25, 0.3) is 0 Å².